The molecule has 0 saturated carbocycles. The van der Waals surface area contributed by atoms with Crippen molar-refractivity contribution in [3.8, 4) is 11.5 Å². The summed E-state index contributed by atoms with van der Waals surface area (Å²) in [6, 6.07) is 5.09. The molecule has 1 N–H and O–H groups in total. The number of carbonyl (C=O) groups is 3. The monoisotopic (exact) mass is 427 g/mol. The van der Waals surface area contributed by atoms with Gasteiger partial charge in [0.05, 0.1) is 13.7 Å². The van der Waals surface area contributed by atoms with Crippen LogP contribution in [0.15, 0.2) is 41.7 Å². The van der Waals surface area contributed by atoms with Crippen LogP contribution in [0.4, 0.5) is 0 Å². The van der Waals surface area contributed by atoms with Gasteiger partial charge in [0.2, 0.25) is 0 Å². The van der Waals surface area contributed by atoms with Crippen LogP contribution in [0, 0.1) is 11.3 Å². The first-order valence-corrected chi connectivity index (χ1v) is 10.3. The van der Waals surface area contributed by atoms with Gasteiger partial charge in [0.1, 0.15) is 5.92 Å². The number of Topliss-reactive ketones (excluding diaryl/α,β-unsaturated/α-hetero) is 1. The summed E-state index contributed by atoms with van der Waals surface area (Å²) in [5.41, 5.74) is 2.35. The highest BCUT2D eigenvalue weighted by molar-refractivity contribution is 6.01. The molecule has 0 bridgehead atoms. The minimum Gasteiger partial charge on any atom is -0.490 e. The lowest BCUT2D eigenvalue weighted by molar-refractivity contribution is -0.145. The van der Waals surface area contributed by atoms with Crippen LogP contribution in [0.1, 0.15) is 52.0 Å². The van der Waals surface area contributed by atoms with Crippen LogP contribution in [0.5, 0.6) is 11.5 Å². The van der Waals surface area contributed by atoms with Gasteiger partial charge in [0, 0.05) is 36.2 Å². The molecule has 1 aliphatic carbocycles. The minimum absolute atomic E-state index is 0.00724. The summed E-state index contributed by atoms with van der Waals surface area (Å²) in [7, 11) is 1.32. The molecular weight excluding hydrogens is 398 g/mol. The summed E-state index contributed by atoms with van der Waals surface area (Å²) in [4.78, 5) is 37.4. The molecule has 1 aliphatic heterocycles. The van der Waals surface area contributed by atoms with Crippen molar-refractivity contribution in [1.82, 2.24) is 5.32 Å². The molecular formula is C24H29NO6. The zero-order valence-electron chi connectivity index (χ0n) is 18.7. The Bertz CT molecular complexity index is 974. The Labute approximate surface area is 182 Å². The molecule has 1 heterocycles. The molecule has 2 aliphatic rings. The molecule has 0 saturated heterocycles. The number of benzene rings is 1. The van der Waals surface area contributed by atoms with Gasteiger partial charge in [-0.2, -0.15) is 0 Å². The van der Waals surface area contributed by atoms with E-state index in [1.54, 1.807) is 18.2 Å². The third kappa shape index (κ3) is 4.50. The second kappa shape index (κ2) is 8.57. The Morgan fingerprint density at radius 2 is 1.94 bits per heavy atom. The SMILES string of the molecule is C=C1NC2=C(C(=O)CC(C)(C)C2)C(c2ccc(OC(C)=O)c(OCC)c2)C1C(=O)OC. The first-order chi connectivity index (χ1) is 14.6. The van der Waals surface area contributed by atoms with Crippen molar-refractivity contribution in [1.29, 1.82) is 0 Å². The smallest absolute Gasteiger partial charge is 0.315 e. The fraction of sp³-hybridized carbons (Fsp3) is 0.458. The molecule has 7 nitrogen and oxygen atoms in total. The van der Waals surface area contributed by atoms with Crippen molar-refractivity contribution in [3.05, 3.63) is 47.3 Å². The number of nitrogens with one attached hydrogen (secondary N) is 1. The third-order valence-electron chi connectivity index (χ3n) is 5.59. The van der Waals surface area contributed by atoms with Crippen molar-refractivity contribution in [2.24, 2.45) is 11.3 Å². The number of carbonyl (C=O) groups excluding carboxylic acids is 3. The van der Waals surface area contributed by atoms with Gasteiger partial charge in [-0.3, -0.25) is 14.4 Å². The number of methoxy groups -OCH3 is 1. The lowest BCUT2D eigenvalue weighted by atomic mass is 9.66. The molecule has 0 spiro atoms. The molecule has 31 heavy (non-hydrogen) atoms. The van der Waals surface area contributed by atoms with Gasteiger partial charge < -0.3 is 19.5 Å². The van der Waals surface area contributed by atoms with Crippen molar-refractivity contribution in [3.63, 3.8) is 0 Å². The zero-order valence-corrected chi connectivity index (χ0v) is 18.7. The predicted octanol–water partition coefficient (Wildman–Crippen LogP) is 3.64. The number of hydrogen-bond donors (Lipinski definition) is 1. The van der Waals surface area contributed by atoms with Crippen LogP contribution in [-0.4, -0.2) is 31.4 Å². The fourth-order valence-corrected chi connectivity index (χ4v) is 4.44. The van der Waals surface area contributed by atoms with Gasteiger partial charge in [-0.05, 0) is 36.5 Å². The summed E-state index contributed by atoms with van der Waals surface area (Å²) < 4.78 is 16.0. The fourth-order valence-electron chi connectivity index (χ4n) is 4.44. The molecule has 1 aromatic carbocycles. The summed E-state index contributed by atoms with van der Waals surface area (Å²) >= 11 is 0. The average Bonchev–Trinajstić information content (AvgIpc) is 2.66. The number of allylic oxidation sites excluding steroid dienone is 2. The third-order valence-corrected chi connectivity index (χ3v) is 5.59. The first-order valence-electron chi connectivity index (χ1n) is 10.3. The number of ether oxygens (including phenoxy) is 3. The molecule has 2 unspecified atom stereocenters. The molecule has 3 rings (SSSR count). The molecule has 0 aromatic heterocycles. The van der Waals surface area contributed by atoms with Gasteiger partial charge >= 0.3 is 11.9 Å². The van der Waals surface area contributed by atoms with E-state index in [0.29, 0.717) is 42.0 Å². The largest absolute Gasteiger partial charge is 0.490 e. The highest BCUT2D eigenvalue weighted by Gasteiger charge is 2.46. The summed E-state index contributed by atoms with van der Waals surface area (Å²) in [5, 5.41) is 3.21. The van der Waals surface area contributed by atoms with E-state index >= 15 is 0 Å². The minimum atomic E-state index is -0.775. The van der Waals surface area contributed by atoms with Crippen molar-refractivity contribution in [2.45, 2.75) is 46.5 Å². The highest BCUT2D eigenvalue weighted by atomic mass is 16.6. The van der Waals surface area contributed by atoms with E-state index in [1.807, 2.05) is 20.8 Å². The molecule has 166 valence electrons. The van der Waals surface area contributed by atoms with E-state index < -0.39 is 23.8 Å². The van der Waals surface area contributed by atoms with Crippen LogP contribution in [0.3, 0.4) is 0 Å². The summed E-state index contributed by atoms with van der Waals surface area (Å²) in [5.74, 6) is -1.65. The standard InChI is InChI=1S/C24H29NO6/c1-7-30-19-10-15(8-9-18(19)31-14(3)26)21-20(23(28)29-6)13(2)25-16-11-24(4,5)12-17(27)22(16)21/h8-10,20-21,25H,2,7,11-12H2,1,3-6H3. The van der Waals surface area contributed by atoms with Gasteiger partial charge in [0.25, 0.3) is 0 Å². The maximum Gasteiger partial charge on any atom is 0.315 e. The van der Waals surface area contributed by atoms with E-state index in [-0.39, 0.29) is 16.9 Å². The lowest BCUT2D eigenvalue weighted by Crippen LogP contribution is -2.43. The predicted molar refractivity (Wildman–Crippen MR) is 114 cm³/mol. The highest BCUT2D eigenvalue weighted by Crippen LogP contribution is 2.49. The Morgan fingerprint density at radius 3 is 2.55 bits per heavy atom. The Morgan fingerprint density at radius 1 is 1.23 bits per heavy atom. The van der Waals surface area contributed by atoms with E-state index in [2.05, 4.69) is 11.9 Å². The maximum absolute atomic E-state index is 13.2. The van der Waals surface area contributed by atoms with E-state index in [0.717, 1.165) is 5.70 Å². The molecule has 0 amide bonds. The zero-order chi connectivity index (χ0) is 22.9. The van der Waals surface area contributed by atoms with Crippen LogP contribution >= 0.6 is 0 Å². The lowest BCUT2D eigenvalue weighted by Gasteiger charge is -2.42. The molecule has 0 radical (unpaired) electrons. The van der Waals surface area contributed by atoms with Gasteiger partial charge in [-0.25, -0.2) is 0 Å². The number of hydrogen-bond acceptors (Lipinski definition) is 7. The Hall–Kier alpha value is -3.09. The normalized spacial score (nSPS) is 22.4. The van der Waals surface area contributed by atoms with Crippen molar-refractivity contribution in [2.75, 3.05) is 13.7 Å². The van der Waals surface area contributed by atoms with Crippen LogP contribution in [0.25, 0.3) is 0 Å². The molecule has 2 atom stereocenters. The van der Waals surface area contributed by atoms with Gasteiger partial charge in [0.15, 0.2) is 17.3 Å². The second-order valence-corrected chi connectivity index (χ2v) is 8.69. The second-order valence-electron chi connectivity index (χ2n) is 8.69. The van der Waals surface area contributed by atoms with Crippen LogP contribution in [-0.2, 0) is 19.1 Å². The summed E-state index contributed by atoms with van der Waals surface area (Å²) in [6.45, 7) is 11.6. The summed E-state index contributed by atoms with van der Waals surface area (Å²) in [6.07, 6.45) is 1.05. The van der Waals surface area contributed by atoms with Crippen LogP contribution < -0.4 is 14.8 Å². The maximum atomic E-state index is 13.2. The average molecular weight is 427 g/mol. The number of rotatable bonds is 5. The first kappa shape index (κ1) is 22.6. The van der Waals surface area contributed by atoms with E-state index in [9.17, 15) is 14.4 Å². The molecule has 1 aromatic rings. The van der Waals surface area contributed by atoms with Crippen LogP contribution in [0.2, 0.25) is 0 Å². The quantitative estimate of drug-likeness (QED) is 0.567. The molecule has 0 fully saturated rings. The van der Waals surface area contributed by atoms with Gasteiger partial charge in [-0.15, -0.1) is 0 Å². The Kier molecular flexibility index (Phi) is 6.25. The van der Waals surface area contributed by atoms with Crippen molar-refractivity contribution < 1.29 is 28.6 Å². The molecule has 7 heteroatoms. The van der Waals surface area contributed by atoms with Gasteiger partial charge in [-0.1, -0.05) is 26.5 Å². The van der Waals surface area contributed by atoms with Crippen molar-refractivity contribution >= 4 is 17.7 Å². The van der Waals surface area contributed by atoms with E-state index in [4.69, 9.17) is 14.2 Å². The number of esters is 2. The number of ketones is 1. The Balaban J connectivity index is 2.18. The van der Waals surface area contributed by atoms with E-state index in [1.165, 1.54) is 14.0 Å². The topological polar surface area (TPSA) is 90.9 Å².